The number of Topliss-reactive ketones (excluding diaryl/α,β-unsaturated/α-hetero) is 2. The Kier molecular flexibility index (Phi) is 3.45. The van der Waals surface area contributed by atoms with Crippen LogP contribution in [0.25, 0.3) is 0 Å². The van der Waals surface area contributed by atoms with Crippen LogP contribution in [0.1, 0.15) is 45.4 Å². The van der Waals surface area contributed by atoms with E-state index in [4.69, 9.17) is 0 Å². The van der Waals surface area contributed by atoms with Gasteiger partial charge < -0.3 is 0 Å². The number of ketones is 2. The Labute approximate surface area is 73.3 Å². The van der Waals surface area contributed by atoms with E-state index >= 15 is 0 Å². The first kappa shape index (κ1) is 9.43. The maximum Gasteiger partial charge on any atom is 0.143 e. The van der Waals surface area contributed by atoms with Crippen molar-refractivity contribution in [2.24, 2.45) is 5.92 Å². The highest BCUT2D eigenvalue weighted by Gasteiger charge is 2.28. The molecule has 0 N–H and O–H groups in total. The van der Waals surface area contributed by atoms with Crippen molar-refractivity contribution in [3.05, 3.63) is 0 Å². The summed E-state index contributed by atoms with van der Waals surface area (Å²) in [6.07, 6.45) is 4.88. The summed E-state index contributed by atoms with van der Waals surface area (Å²) in [7, 11) is 0. The van der Waals surface area contributed by atoms with Crippen LogP contribution in [0.4, 0.5) is 0 Å². The molecule has 0 saturated heterocycles. The molecular formula is C10H16O2. The van der Waals surface area contributed by atoms with Crippen LogP contribution in [0.15, 0.2) is 0 Å². The van der Waals surface area contributed by atoms with Gasteiger partial charge in [-0.15, -0.1) is 0 Å². The van der Waals surface area contributed by atoms with Crippen LogP contribution in [-0.4, -0.2) is 11.6 Å². The molecule has 1 aliphatic carbocycles. The summed E-state index contributed by atoms with van der Waals surface area (Å²) in [5, 5.41) is 0. The maximum absolute atomic E-state index is 11.3. The molecule has 0 heterocycles. The van der Waals surface area contributed by atoms with Gasteiger partial charge in [0.25, 0.3) is 0 Å². The highest BCUT2D eigenvalue weighted by molar-refractivity contribution is 6.04. The van der Waals surface area contributed by atoms with Gasteiger partial charge in [-0.2, -0.15) is 0 Å². The Balaban J connectivity index is 2.45. The monoisotopic (exact) mass is 168 g/mol. The molecule has 1 fully saturated rings. The summed E-state index contributed by atoms with van der Waals surface area (Å²) < 4.78 is 0. The summed E-state index contributed by atoms with van der Waals surface area (Å²) in [5.74, 6) is 0.123. The molecule has 12 heavy (non-hydrogen) atoms. The van der Waals surface area contributed by atoms with E-state index in [1.54, 1.807) is 0 Å². The molecular weight excluding hydrogens is 152 g/mol. The number of carbonyl (C=O) groups excluding carboxylic acids is 2. The second kappa shape index (κ2) is 4.39. The second-order valence-corrected chi connectivity index (χ2v) is 3.48. The minimum Gasteiger partial charge on any atom is -0.299 e. The van der Waals surface area contributed by atoms with Crippen LogP contribution >= 0.6 is 0 Å². The molecule has 0 unspecified atom stereocenters. The number of hydrogen-bond donors (Lipinski definition) is 0. The molecule has 68 valence electrons. The fourth-order valence-corrected chi connectivity index (χ4v) is 1.70. The Hall–Kier alpha value is -0.660. The van der Waals surface area contributed by atoms with Crippen LogP contribution in [0.2, 0.25) is 0 Å². The van der Waals surface area contributed by atoms with Gasteiger partial charge in [0.1, 0.15) is 11.6 Å². The summed E-state index contributed by atoms with van der Waals surface area (Å²) in [5.41, 5.74) is 0. The minimum absolute atomic E-state index is 0.180. The number of unbranched alkanes of at least 4 members (excludes halogenated alkanes) is 1. The highest BCUT2D eigenvalue weighted by Crippen LogP contribution is 2.21. The Morgan fingerprint density at radius 2 is 1.83 bits per heavy atom. The van der Waals surface area contributed by atoms with Crippen LogP contribution in [0, 0.1) is 5.92 Å². The molecule has 2 nitrogen and oxygen atoms in total. The largest absolute Gasteiger partial charge is 0.299 e. The molecule has 0 aromatic carbocycles. The molecule has 0 bridgehead atoms. The van der Waals surface area contributed by atoms with Gasteiger partial charge in [0.05, 0.1) is 5.92 Å². The topological polar surface area (TPSA) is 34.1 Å². The van der Waals surface area contributed by atoms with E-state index < -0.39 is 0 Å². The molecule has 0 radical (unpaired) electrons. The third kappa shape index (κ3) is 2.16. The number of hydrogen-bond acceptors (Lipinski definition) is 2. The van der Waals surface area contributed by atoms with Gasteiger partial charge in [0.2, 0.25) is 0 Å². The van der Waals surface area contributed by atoms with E-state index in [1.807, 2.05) is 0 Å². The quantitative estimate of drug-likeness (QED) is 0.605. The van der Waals surface area contributed by atoms with Crippen molar-refractivity contribution in [2.45, 2.75) is 45.4 Å². The van der Waals surface area contributed by atoms with Gasteiger partial charge in [-0.25, -0.2) is 0 Å². The number of rotatable bonds is 3. The van der Waals surface area contributed by atoms with Crippen molar-refractivity contribution in [2.75, 3.05) is 0 Å². The zero-order valence-corrected chi connectivity index (χ0v) is 7.64. The average Bonchev–Trinajstić information content (AvgIpc) is 2.04. The first-order valence-corrected chi connectivity index (χ1v) is 4.81. The fourth-order valence-electron chi connectivity index (χ4n) is 1.70. The molecule has 1 aliphatic rings. The van der Waals surface area contributed by atoms with E-state index in [9.17, 15) is 9.59 Å². The zero-order chi connectivity index (χ0) is 8.97. The lowest BCUT2D eigenvalue weighted by molar-refractivity contribution is -0.135. The van der Waals surface area contributed by atoms with Gasteiger partial charge in [0, 0.05) is 12.8 Å². The van der Waals surface area contributed by atoms with Crippen LogP contribution < -0.4 is 0 Å². The highest BCUT2D eigenvalue weighted by atomic mass is 16.2. The van der Waals surface area contributed by atoms with Crippen molar-refractivity contribution in [3.63, 3.8) is 0 Å². The lowest BCUT2D eigenvalue weighted by Gasteiger charge is -2.18. The van der Waals surface area contributed by atoms with Gasteiger partial charge in [0.15, 0.2) is 0 Å². The fraction of sp³-hybridized carbons (Fsp3) is 0.800. The normalized spacial score (nSPS) is 20.1. The van der Waals surface area contributed by atoms with Crippen molar-refractivity contribution in [1.82, 2.24) is 0 Å². The van der Waals surface area contributed by atoms with Crippen LogP contribution in [0.3, 0.4) is 0 Å². The van der Waals surface area contributed by atoms with E-state index in [-0.39, 0.29) is 17.5 Å². The third-order valence-corrected chi connectivity index (χ3v) is 2.47. The van der Waals surface area contributed by atoms with Crippen molar-refractivity contribution < 1.29 is 9.59 Å². The Morgan fingerprint density at radius 1 is 1.25 bits per heavy atom. The summed E-state index contributed by atoms with van der Waals surface area (Å²) in [6.45, 7) is 2.08. The van der Waals surface area contributed by atoms with E-state index in [1.165, 1.54) is 0 Å². The SMILES string of the molecule is CCCCC1C(=O)CCCC1=O. The third-order valence-electron chi connectivity index (χ3n) is 2.47. The summed E-state index contributed by atoms with van der Waals surface area (Å²) in [4.78, 5) is 22.6. The standard InChI is InChI=1S/C10H16O2/c1-2-3-5-8-9(11)6-4-7-10(8)12/h8H,2-7H2,1H3. The maximum atomic E-state index is 11.3. The average molecular weight is 168 g/mol. The molecule has 0 aliphatic heterocycles. The van der Waals surface area contributed by atoms with Crippen molar-refractivity contribution in [3.8, 4) is 0 Å². The predicted molar refractivity (Wildman–Crippen MR) is 46.9 cm³/mol. The summed E-state index contributed by atoms with van der Waals surface area (Å²) in [6, 6.07) is 0. The first-order valence-electron chi connectivity index (χ1n) is 4.81. The number of carbonyl (C=O) groups is 2. The molecule has 1 rings (SSSR count). The van der Waals surface area contributed by atoms with Gasteiger partial charge >= 0.3 is 0 Å². The second-order valence-electron chi connectivity index (χ2n) is 3.48. The van der Waals surface area contributed by atoms with Crippen LogP contribution in [0.5, 0.6) is 0 Å². The molecule has 2 heteroatoms. The van der Waals surface area contributed by atoms with Gasteiger partial charge in [-0.3, -0.25) is 9.59 Å². The van der Waals surface area contributed by atoms with E-state index in [2.05, 4.69) is 6.92 Å². The zero-order valence-electron chi connectivity index (χ0n) is 7.64. The minimum atomic E-state index is -0.237. The molecule has 0 amide bonds. The molecule has 0 atom stereocenters. The summed E-state index contributed by atoms with van der Waals surface area (Å²) >= 11 is 0. The molecule has 0 spiro atoms. The molecule has 0 aromatic rings. The van der Waals surface area contributed by atoms with Gasteiger partial charge in [-0.1, -0.05) is 19.8 Å². The van der Waals surface area contributed by atoms with E-state index in [0.717, 1.165) is 25.7 Å². The van der Waals surface area contributed by atoms with Crippen molar-refractivity contribution in [1.29, 1.82) is 0 Å². The lowest BCUT2D eigenvalue weighted by Crippen LogP contribution is -2.28. The molecule has 1 saturated carbocycles. The first-order chi connectivity index (χ1) is 5.75. The Morgan fingerprint density at radius 3 is 2.33 bits per heavy atom. The van der Waals surface area contributed by atoms with Crippen molar-refractivity contribution >= 4 is 11.6 Å². The predicted octanol–water partition coefficient (Wildman–Crippen LogP) is 2.11. The van der Waals surface area contributed by atoms with Gasteiger partial charge in [-0.05, 0) is 12.8 Å². The van der Waals surface area contributed by atoms with Crippen LogP contribution in [-0.2, 0) is 9.59 Å². The Bertz CT molecular complexity index is 168. The smallest absolute Gasteiger partial charge is 0.143 e. The molecule has 0 aromatic heterocycles. The van der Waals surface area contributed by atoms with E-state index in [0.29, 0.717) is 12.8 Å². The lowest BCUT2D eigenvalue weighted by atomic mass is 9.83.